The monoisotopic (exact) mass is 451 g/mol. The molecule has 3 amide bonds. The second-order valence-corrected chi connectivity index (χ2v) is 9.26. The molecule has 2 aliphatic heterocycles. The van der Waals surface area contributed by atoms with Gasteiger partial charge in [0.15, 0.2) is 11.5 Å². The van der Waals surface area contributed by atoms with Gasteiger partial charge < -0.3 is 34.9 Å². The van der Waals surface area contributed by atoms with Crippen LogP contribution in [0.25, 0.3) is 6.08 Å². The number of hydrogen-bond acceptors (Lipinski definition) is 7. The summed E-state index contributed by atoms with van der Waals surface area (Å²) in [4.78, 5) is 37.6. The number of carboxylic acids is 1. The number of thioether (sulfide) groups is 1. The fourth-order valence-corrected chi connectivity index (χ4v) is 5.36. The van der Waals surface area contributed by atoms with Crippen LogP contribution in [0.4, 0.5) is 4.79 Å². The van der Waals surface area contributed by atoms with Crippen LogP contribution in [0.2, 0.25) is 0 Å². The Hall–Kier alpha value is -3.08. The molecule has 3 atom stereocenters. The molecule has 11 heteroatoms. The zero-order chi connectivity index (χ0) is 22.9. The molecule has 2 saturated heterocycles. The third-order valence-corrected chi connectivity index (χ3v) is 6.71. The Morgan fingerprint density at radius 1 is 1.16 bits per heavy atom. The van der Waals surface area contributed by atoms with Gasteiger partial charge in [0.05, 0.1) is 21.3 Å². The minimum absolute atomic E-state index is 0.403. The van der Waals surface area contributed by atoms with Gasteiger partial charge in [-0.2, -0.15) is 0 Å². The molecule has 0 spiro atoms. The molecular formula is C20H25N3O7S. The summed E-state index contributed by atoms with van der Waals surface area (Å²) in [5.74, 6) is -0.0544. The first-order chi connectivity index (χ1) is 14.6. The lowest BCUT2D eigenvalue weighted by atomic mass is 9.96. The van der Waals surface area contributed by atoms with Gasteiger partial charge in [-0.05, 0) is 37.6 Å². The molecular weight excluding hydrogens is 426 g/mol. The molecule has 10 nitrogen and oxygen atoms in total. The van der Waals surface area contributed by atoms with E-state index in [0.717, 1.165) is 0 Å². The van der Waals surface area contributed by atoms with E-state index in [0.29, 0.717) is 22.8 Å². The maximum atomic E-state index is 12.4. The molecule has 2 aliphatic rings. The molecule has 2 fully saturated rings. The second-order valence-electron chi connectivity index (χ2n) is 7.49. The van der Waals surface area contributed by atoms with Crippen LogP contribution in [-0.2, 0) is 9.59 Å². The molecule has 31 heavy (non-hydrogen) atoms. The number of urea groups is 1. The average Bonchev–Trinajstić information content (AvgIpc) is 2.99. The van der Waals surface area contributed by atoms with Crippen LogP contribution >= 0.6 is 11.8 Å². The molecule has 3 rings (SSSR count). The van der Waals surface area contributed by atoms with Crippen molar-refractivity contribution in [2.45, 2.75) is 36.1 Å². The van der Waals surface area contributed by atoms with Crippen molar-refractivity contribution >= 4 is 35.7 Å². The van der Waals surface area contributed by atoms with Crippen LogP contribution in [0.3, 0.4) is 0 Å². The van der Waals surface area contributed by atoms with E-state index < -0.39 is 40.1 Å². The van der Waals surface area contributed by atoms with Gasteiger partial charge in [0.2, 0.25) is 11.7 Å². The van der Waals surface area contributed by atoms with Crippen molar-refractivity contribution in [3.63, 3.8) is 0 Å². The number of aliphatic carboxylic acids is 1. The first-order valence-corrected chi connectivity index (χ1v) is 10.3. The number of fused-ring (bicyclic) bond motifs is 1. The summed E-state index contributed by atoms with van der Waals surface area (Å²) in [5, 5.41) is 14.2. The van der Waals surface area contributed by atoms with Crippen molar-refractivity contribution in [1.29, 1.82) is 0 Å². The zero-order valence-electron chi connectivity index (χ0n) is 17.8. The smallest absolute Gasteiger partial charge is 0.327 e. The van der Waals surface area contributed by atoms with Gasteiger partial charge >= 0.3 is 12.0 Å². The lowest BCUT2D eigenvalue weighted by molar-refractivity contribution is -0.159. The molecule has 2 unspecified atom stereocenters. The first kappa shape index (κ1) is 22.6. The van der Waals surface area contributed by atoms with Crippen LogP contribution in [0.15, 0.2) is 18.3 Å². The Kier molecular flexibility index (Phi) is 6.25. The minimum atomic E-state index is -1.05. The maximum absolute atomic E-state index is 12.4. The van der Waals surface area contributed by atoms with Gasteiger partial charge in [0.1, 0.15) is 17.5 Å². The van der Waals surface area contributed by atoms with E-state index in [1.165, 1.54) is 44.2 Å². The normalized spacial score (nSPS) is 23.7. The number of hydrogen-bond donors (Lipinski definition) is 3. The highest BCUT2D eigenvalue weighted by atomic mass is 32.2. The fourth-order valence-electron chi connectivity index (χ4n) is 3.74. The number of β-lactam (4-membered cyclic amide) rings is 1. The Bertz CT molecular complexity index is 908. The molecule has 0 bridgehead atoms. The number of methoxy groups -OCH3 is 3. The molecule has 1 aromatic carbocycles. The number of ether oxygens (including phenoxy) is 3. The SMILES string of the molecule is COc1cc(/C=C/NC(=O)NC2C(=O)N3C2SC(C)(C)[C@@H]3C(=O)O)cc(OC)c1OC. The number of carbonyl (C=O) groups is 3. The summed E-state index contributed by atoms with van der Waals surface area (Å²) in [7, 11) is 4.52. The van der Waals surface area contributed by atoms with Crippen LogP contribution in [0.5, 0.6) is 17.2 Å². The average molecular weight is 452 g/mol. The van der Waals surface area contributed by atoms with E-state index in [4.69, 9.17) is 14.2 Å². The van der Waals surface area contributed by atoms with Gasteiger partial charge in [0.25, 0.3) is 0 Å². The molecule has 2 heterocycles. The Labute approximate surface area is 183 Å². The predicted octanol–water partition coefficient (Wildman–Crippen LogP) is 1.50. The first-order valence-electron chi connectivity index (χ1n) is 9.41. The van der Waals surface area contributed by atoms with Crippen molar-refractivity contribution in [1.82, 2.24) is 15.5 Å². The van der Waals surface area contributed by atoms with Crippen LogP contribution in [-0.4, -0.2) is 71.4 Å². The third kappa shape index (κ3) is 4.09. The van der Waals surface area contributed by atoms with Crippen molar-refractivity contribution < 1.29 is 33.7 Å². The lowest BCUT2D eigenvalue weighted by Crippen LogP contribution is -2.71. The largest absolute Gasteiger partial charge is 0.493 e. The van der Waals surface area contributed by atoms with E-state index in [-0.39, 0.29) is 0 Å². The van der Waals surface area contributed by atoms with Crippen molar-refractivity contribution in [3.8, 4) is 17.2 Å². The van der Waals surface area contributed by atoms with Crippen molar-refractivity contribution in [2.24, 2.45) is 0 Å². The van der Waals surface area contributed by atoms with E-state index in [9.17, 15) is 19.5 Å². The van der Waals surface area contributed by atoms with E-state index in [1.54, 1.807) is 32.1 Å². The van der Waals surface area contributed by atoms with Crippen LogP contribution in [0, 0.1) is 0 Å². The predicted molar refractivity (Wildman–Crippen MR) is 114 cm³/mol. The highest BCUT2D eigenvalue weighted by Gasteiger charge is 2.64. The molecule has 168 valence electrons. The van der Waals surface area contributed by atoms with E-state index in [2.05, 4.69) is 10.6 Å². The number of amides is 3. The quantitative estimate of drug-likeness (QED) is 0.533. The highest BCUT2D eigenvalue weighted by molar-refractivity contribution is 8.01. The summed E-state index contributed by atoms with van der Waals surface area (Å²) in [6, 6.07) is 1.17. The van der Waals surface area contributed by atoms with E-state index >= 15 is 0 Å². The zero-order valence-corrected chi connectivity index (χ0v) is 18.6. The highest BCUT2D eigenvalue weighted by Crippen LogP contribution is 2.50. The number of nitrogens with one attached hydrogen (secondary N) is 2. The van der Waals surface area contributed by atoms with Gasteiger partial charge in [-0.25, -0.2) is 9.59 Å². The van der Waals surface area contributed by atoms with Crippen LogP contribution in [0.1, 0.15) is 19.4 Å². The standard InChI is InChI=1S/C20H25N3O7S/c1-20(2)15(18(25)26)23-16(24)13(17(23)31-20)22-19(27)21-7-6-10-8-11(28-3)14(30-5)12(9-10)29-4/h6-9,13,15,17H,1-5H3,(H,25,26)(H2,21,22,27)/b7-6+/t13?,15-,17?/m0/s1. The summed E-state index contributed by atoms with van der Waals surface area (Å²) < 4.78 is 15.2. The van der Waals surface area contributed by atoms with Crippen LogP contribution < -0.4 is 24.8 Å². The molecule has 0 aromatic heterocycles. The summed E-state index contributed by atoms with van der Waals surface area (Å²) in [6.45, 7) is 3.55. The lowest BCUT2D eigenvalue weighted by Gasteiger charge is -2.43. The Morgan fingerprint density at radius 3 is 2.29 bits per heavy atom. The molecule has 0 aliphatic carbocycles. The number of nitrogens with zero attached hydrogens (tertiary/aromatic N) is 1. The Balaban J connectivity index is 1.62. The van der Waals surface area contributed by atoms with Crippen molar-refractivity contribution in [3.05, 3.63) is 23.9 Å². The number of benzene rings is 1. The molecule has 0 radical (unpaired) electrons. The summed E-state index contributed by atoms with van der Waals surface area (Å²) in [6.07, 6.45) is 3.05. The van der Waals surface area contributed by atoms with Gasteiger partial charge in [-0.3, -0.25) is 4.79 Å². The minimum Gasteiger partial charge on any atom is -0.493 e. The van der Waals surface area contributed by atoms with Crippen molar-refractivity contribution in [2.75, 3.05) is 21.3 Å². The Morgan fingerprint density at radius 2 is 1.77 bits per heavy atom. The van der Waals surface area contributed by atoms with E-state index in [1.807, 2.05) is 0 Å². The summed E-state index contributed by atoms with van der Waals surface area (Å²) in [5.41, 5.74) is 0.693. The summed E-state index contributed by atoms with van der Waals surface area (Å²) >= 11 is 1.36. The maximum Gasteiger partial charge on any atom is 0.327 e. The molecule has 3 N–H and O–H groups in total. The van der Waals surface area contributed by atoms with Gasteiger partial charge in [0, 0.05) is 10.9 Å². The molecule has 1 aromatic rings. The number of rotatable bonds is 7. The number of carbonyl (C=O) groups excluding carboxylic acids is 2. The number of carboxylic acid groups (broad SMARTS) is 1. The molecule has 0 saturated carbocycles. The second kappa shape index (κ2) is 8.58. The van der Waals surface area contributed by atoms with Gasteiger partial charge in [-0.15, -0.1) is 11.8 Å². The third-order valence-electron chi connectivity index (χ3n) is 5.14. The fraction of sp³-hybridized carbons (Fsp3) is 0.450. The van der Waals surface area contributed by atoms with Gasteiger partial charge in [-0.1, -0.05) is 0 Å². The topological polar surface area (TPSA) is 126 Å².